The first-order valence-electron chi connectivity index (χ1n) is 10.5. The molecule has 0 N–H and O–H groups in total. The van der Waals surface area contributed by atoms with Crippen LogP contribution in [0.4, 0.5) is 0 Å². The zero-order valence-electron chi connectivity index (χ0n) is 18.6. The number of amides is 1. The summed E-state index contributed by atoms with van der Waals surface area (Å²) in [4.78, 5) is 15.0. The van der Waals surface area contributed by atoms with Gasteiger partial charge in [0.05, 0.1) is 23.6 Å². The summed E-state index contributed by atoms with van der Waals surface area (Å²) >= 11 is 6.14. The second kappa shape index (κ2) is 11.3. The number of likely N-dealkylation sites (N-methyl/N-ethyl adjacent to an activating group) is 1. The standard InChI is InChI=1S/C25H27ClN2O4S/c1-3-28(33(30,31)22-14-15-24(32-2)23(26)16-22)19-25(29)27(17-20-10-6-4-7-11-20)18-21-12-8-5-9-13-21/h4-16H,3,17-19H2,1-2H3. The van der Waals surface area contributed by atoms with E-state index >= 15 is 0 Å². The van der Waals surface area contributed by atoms with E-state index in [1.165, 1.54) is 25.3 Å². The van der Waals surface area contributed by atoms with Gasteiger partial charge in [0.25, 0.3) is 0 Å². The van der Waals surface area contributed by atoms with Crippen LogP contribution < -0.4 is 4.74 Å². The molecule has 0 radical (unpaired) electrons. The molecule has 3 aromatic carbocycles. The molecule has 0 unspecified atom stereocenters. The zero-order chi connectivity index (χ0) is 23.8. The van der Waals surface area contributed by atoms with Gasteiger partial charge in [0.1, 0.15) is 5.75 Å². The SMILES string of the molecule is CCN(CC(=O)N(Cc1ccccc1)Cc1ccccc1)S(=O)(=O)c1ccc(OC)c(Cl)c1. The Kier molecular flexibility index (Phi) is 8.49. The molecule has 0 heterocycles. The van der Waals surface area contributed by atoms with Crippen LogP contribution in [-0.4, -0.2) is 43.7 Å². The third kappa shape index (κ3) is 6.35. The second-order valence-electron chi connectivity index (χ2n) is 7.45. The second-order valence-corrected chi connectivity index (χ2v) is 9.79. The molecule has 33 heavy (non-hydrogen) atoms. The van der Waals surface area contributed by atoms with Crippen molar-refractivity contribution in [1.29, 1.82) is 0 Å². The van der Waals surface area contributed by atoms with Gasteiger partial charge in [0.15, 0.2) is 0 Å². The van der Waals surface area contributed by atoms with E-state index in [1.807, 2.05) is 60.7 Å². The van der Waals surface area contributed by atoms with Crippen LogP contribution in [0.2, 0.25) is 5.02 Å². The van der Waals surface area contributed by atoms with Crippen LogP contribution >= 0.6 is 11.6 Å². The number of nitrogens with zero attached hydrogens (tertiary/aromatic N) is 2. The monoisotopic (exact) mass is 486 g/mol. The largest absolute Gasteiger partial charge is 0.495 e. The van der Waals surface area contributed by atoms with Crippen LogP contribution in [-0.2, 0) is 27.9 Å². The number of hydrogen-bond donors (Lipinski definition) is 0. The molecule has 6 nitrogen and oxygen atoms in total. The molecule has 0 spiro atoms. The third-order valence-corrected chi connectivity index (χ3v) is 7.42. The maximum atomic E-state index is 13.3. The fourth-order valence-electron chi connectivity index (χ4n) is 3.41. The summed E-state index contributed by atoms with van der Waals surface area (Å²) < 4.78 is 32.8. The lowest BCUT2D eigenvalue weighted by atomic mass is 10.1. The van der Waals surface area contributed by atoms with Gasteiger partial charge in [-0.1, -0.05) is 79.2 Å². The first-order valence-corrected chi connectivity index (χ1v) is 12.4. The van der Waals surface area contributed by atoms with Crippen LogP contribution in [0, 0.1) is 0 Å². The smallest absolute Gasteiger partial charge is 0.243 e. The number of benzene rings is 3. The van der Waals surface area contributed by atoms with Crippen LogP contribution in [0.5, 0.6) is 5.75 Å². The Hall–Kier alpha value is -2.87. The highest BCUT2D eigenvalue weighted by Crippen LogP contribution is 2.28. The lowest BCUT2D eigenvalue weighted by Crippen LogP contribution is -2.42. The average molecular weight is 487 g/mol. The summed E-state index contributed by atoms with van der Waals surface area (Å²) in [6.07, 6.45) is 0. The Balaban J connectivity index is 1.84. The van der Waals surface area contributed by atoms with E-state index in [-0.39, 0.29) is 28.9 Å². The highest BCUT2D eigenvalue weighted by atomic mass is 35.5. The van der Waals surface area contributed by atoms with E-state index in [9.17, 15) is 13.2 Å². The van der Waals surface area contributed by atoms with Crippen LogP contribution in [0.3, 0.4) is 0 Å². The maximum absolute atomic E-state index is 13.3. The molecule has 0 aliphatic heterocycles. The van der Waals surface area contributed by atoms with Gasteiger partial charge in [0, 0.05) is 19.6 Å². The van der Waals surface area contributed by atoms with Crippen molar-refractivity contribution < 1.29 is 17.9 Å². The molecule has 0 aliphatic carbocycles. The highest BCUT2D eigenvalue weighted by molar-refractivity contribution is 7.89. The van der Waals surface area contributed by atoms with Crippen molar-refractivity contribution >= 4 is 27.5 Å². The predicted octanol–water partition coefficient (Wildman–Crippen LogP) is 4.59. The van der Waals surface area contributed by atoms with Gasteiger partial charge in [-0.05, 0) is 29.3 Å². The fourth-order valence-corrected chi connectivity index (χ4v) is 5.16. The number of rotatable bonds is 10. The molecular formula is C25H27ClN2O4S. The number of ether oxygens (including phenoxy) is 1. The molecule has 8 heteroatoms. The minimum atomic E-state index is -3.93. The molecule has 0 saturated heterocycles. The Bertz CT molecular complexity index is 1130. The minimum Gasteiger partial charge on any atom is -0.495 e. The van der Waals surface area contributed by atoms with Gasteiger partial charge >= 0.3 is 0 Å². The molecule has 174 valence electrons. The Labute approximate surface area is 200 Å². The van der Waals surface area contributed by atoms with Crippen molar-refractivity contribution in [2.75, 3.05) is 20.2 Å². The number of halogens is 1. The molecule has 0 fully saturated rings. The molecule has 3 aromatic rings. The van der Waals surface area contributed by atoms with E-state index in [0.29, 0.717) is 18.8 Å². The van der Waals surface area contributed by atoms with Gasteiger partial charge in [-0.3, -0.25) is 4.79 Å². The summed E-state index contributed by atoms with van der Waals surface area (Å²) in [5.41, 5.74) is 1.93. The van der Waals surface area contributed by atoms with Crippen molar-refractivity contribution in [1.82, 2.24) is 9.21 Å². The number of carbonyl (C=O) groups is 1. The lowest BCUT2D eigenvalue weighted by Gasteiger charge is -2.27. The topological polar surface area (TPSA) is 66.9 Å². The Morgan fingerprint density at radius 2 is 1.45 bits per heavy atom. The van der Waals surface area contributed by atoms with Crippen LogP contribution in [0.15, 0.2) is 83.8 Å². The van der Waals surface area contributed by atoms with Crippen molar-refractivity contribution in [2.24, 2.45) is 0 Å². The Morgan fingerprint density at radius 3 is 1.91 bits per heavy atom. The van der Waals surface area contributed by atoms with E-state index in [0.717, 1.165) is 15.4 Å². The molecule has 3 rings (SSSR count). The number of hydrogen-bond acceptors (Lipinski definition) is 4. The van der Waals surface area contributed by atoms with Crippen molar-refractivity contribution in [3.8, 4) is 5.75 Å². The number of carbonyl (C=O) groups excluding carboxylic acids is 1. The maximum Gasteiger partial charge on any atom is 0.243 e. The van der Waals surface area contributed by atoms with Gasteiger partial charge in [-0.25, -0.2) is 8.42 Å². The molecule has 0 atom stereocenters. The molecule has 0 saturated carbocycles. The fraction of sp³-hybridized carbons (Fsp3) is 0.240. The summed E-state index contributed by atoms with van der Waals surface area (Å²) in [6, 6.07) is 23.5. The normalized spacial score (nSPS) is 11.4. The number of methoxy groups -OCH3 is 1. The van der Waals surface area contributed by atoms with E-state index in [4.69, 9.17) is 16.3 Å². The summed E-state index contributed by atoms with van der Waals surface area (Å²) in [5, 5.41) is 0.190. The van der Waals surface area contributed by atoms with Gasteiger partial charge in [-0.2, -0.15) is 4.31 Å². The summed E-state index contributed by atoms with van der Waals surface area (Å²) in [5.74, 6) is 0.0966. The quantitative estimate of drug-likeness (QED) is 0.420. The molecule has 0 aromatic heterocycles. The molecular weight excluding hydrogens is 460 g/mol. The molecule has 0 aliphatic rings. The van der Waals surface area contributed by atoms with E-state index in [2.05, 4.69) is 0 Å². The first kappa shape index (κ1) is 24.8. The van der Waals surface area contributed by atoms with E-state index in [1.54, 1.807) is 11.8 Å². The molecule has 0 bridgehead atoms. The predicted molar refractivity (Wildman–Crippen MR) is 130 cm³/mol. The Morgan fingerprint density at radius 1 is 0.909 bits per heavy atom. The van der Waals surface area contributed by atoms with Gasteiger partial charge < -0.3 is 9.64 Å². The van der Waals surface area contributed by atoms with E-state index < -0.39 is 10.0 Å². The highest BCUT2D eigenvalue weighted by Gasteiger charge is 2.28. The van der Waals surface area contributed by atoms with Gasteiger partial charge in [0.2, 0.25) is 15.9 Å². The average Bonchev–Trinajstić information content (AvgIpc) is 2.83. The lowest BCUT2D eigenvalue weighted by molar-refractivity contribution is -0.132. The third-order valence-electron chi connectivity index (χ3n) is 5.21. The van der Waals surface area contributed by atoms with Crippen molar-refractivity contribution in [3.63, 3.8) is 0 Å². The van der Waals surface area contributed by atoms with Crippen molar-refractivity contribution in [3.05, 3.63) is 95.0 Å². The van der Waals surface area contributed by atoms with Crippen LogP contribution in [0.25, 0.3) is 0 Å². The van der Waals surface area contributed by atoms with Crippen molar-refractivity contribution in [2.45, 2.75) is 24.9 Å². The summed E-state index contributed by atoms with van der Waals surface area (Å²) in [6.45, 7) is 2.32. The number of sulfonamides is 1. The summed E-state index contributed by atoms with van der Waals surface area (Å²) in [7, 11) is -2.47. The zero-order valence-corrected chi connectivity index (χ0v) is 20.2. The first-order chi connectivity index (χ1) is 15.8. The molecule has 1 amide bonds. The van der Waals surface area contributed by atoms with Crippen LogP contribution in [0.1, 0.15) is 18.1 Å². The minimum absolute atomic E-state index is 0.0145. The van der Waals surface area contributed by atoms with Gasteiger partial charge in [-0.15, -0.1) is 0 Å².